The zero-order chi connectivity index (χ0) is 26.9. The van der Waals surface area contributed by atoms with Gasteiger partial charge in [-0.15, -0.1) is 11.6 Å². The van der Waals surface area contributed by atoms with Gasteiger partial charge in [-0.25, -0.2) is 9.36 Å². The lowest BCUT2D eigenvalue weighted by Crippen LogP contribution is -2.39. The Balaban J connectivity index is 2.23. The first-order chi connectivity index (χ1) is 16.9. The largest absolute Gasteiger partial charge is 0.462 e. The fraction of sp³-hybridized carbons (Fsp3) is 0.476. The molecule has 0 bridgehead atoms. The molecule has 5 atom stereocenters. The number of aliphatic hydroxyl groups is 1. The summed E-state index contributed by atoms with van der Waals surface area (Å²) in [6.07, 6.45) is -1.57. The van der Waals surface area contributed by atoms with E-state index in [-0.39, 0.29) is 11.6 Å². The van der Waals surface area contributed by atoms with Gasteiger partial charge in [-0.2, -0.15) is 5.09 Å². The van der Waals surface area contributed by atoms with Gasteiger partial charge in [-0.3, -0.25) is 23.7 Å². The van der Waals surface area contributed by atoms with Crippen molar-refractivity contribution in [2.75, 3.05) is 12.5 Å². The molecule has 36 heavy (non-hydrogen) atoms. The molecule has 3 N–H and O–H groups in total. The predicted octanol–water partition coefficient (Wildman–Crippen LogP) is 2.51. The minimum Gasteiger partial charge on any atom is -0.462 e. The van der Waals surface area contributed by atoms with Gasteiger partial charge in [0, 0.05) is 12.3 Å². The van der Waals surface area contributed by atoms with E-state index in [0.29, 0.717) is 0 Å². The molecule has 1 heterocycles. The van der Waals surface area contributed by atoms with E-state index in [1.165, 1.54) is 25.3 Å². The Morgan fingerprint density at radius 2 is 1.89 bits per heavy atom. The third kappa shape index (κ3) is 9.47. The average molecular weight is 613 g/mol. The Hall–Kier alpha value is -1.99. The molecule has 0 aliphatic carbocycles. The molecule has 0 aliphatic rings. The van der Waals surface area contributed by atoms with Crippen LogP contribution in [0.2, 0.25) is 0 Å². The van der Waals surface area contributed by atoms with Crippen molar-refractivity contribution >= 4 is 41.2 Å². The molecule has 15 heteroatoms. The predicted molar refractivity (Wildman–Crippen MR) is 135 cm³/mol. The van der Waals surface area contributed by atoms with Crippen LogP contribution in [-0.2, 0) is 23.4 Å². The maximum atomic E-state index is 13.6. The van der Waals surface area contributed by atoms with E-state index in [0.717, 1.165) is 10.6 Å². The summed E-state index contributed by atoms with van der Waals surface area (Å²) in [5.41, 5.74) is -1.39. The van der Waals surface area contributed by atoms with Gasteiger partial charge in [0.25, 0.3) is 5.56 Å². The summed E-state index contributed by atoms with van der Waals surface area (Å²) in [6, 6.07) is 8.12. The number of carbonyl (C=O) groups is 1. The summed E-state index contributed by atoms with van der Waals surface area (Å²) < 4.78 is 36.5. The molecule has 0 radical (unpaired) electrons. The van der Waals surface area contributed by atoms with Gasteiger partial charge in [0.05, 0.1) is 18.6 Å². The highest BCUT2D eigenvalue weighted by atomic mass is 79.9. The van der Waals surface area contributed by atoms with Crippen LogP contribution in [0.1, 0.15) is 27.0 Å². The quantitative estimate of drug-likeness (QED) is 0.164. The number of aliphatic hydroxyl groups excluding tert-OH is 1. The van der Waals surface area contributed by atoms with E-state index in [4.69, 9.17) is 30.1 Å². The van der Waals surface area contributed by atoms with Gasteiger partial charge in [-0.1, -0.05) is 34.1 Å². The molecule has 1 aromatic carbocycles. The fourth-order valence-corrected chi connectivity index (χ4v) is 4.72. The van der Waals surface area contributed by atoms with E-state index in [2.05, 4.69) is 26.0 Å². The zero-order valence-electron chi connectivity index (χ0n) is 19.7. The summed E-state index contributed by atoms with van der Waals surface area (Å²) in [5, 5.41) is 11.3. The first-order valence-electron chi connectivity index (χ1n) is 10.8. The van der Waals surface area contributed by atoms with E-state index >= 15 is 0 Å². The molecule has 0 spiro atoms. The van der Waals surface area contributed by atoms with Crippen molar-refractivity contribution in [3.63, 3.8) is 0 Å². The van der Waals surface area contributed by atoms with E-state index < -0.39 is 61.1 Å². The lowest BCUT2D eigenvalue weighted by molar-refractivity contribution is -0.149. The smallest absolute Gasteiger partial charge is 0.459 e. The summed E-state index contributed by atoms with van der Waals surface area (Å²) >= 11 is 8.92. The molecule has 0 fully saturated rings. The Morgan fingerprint density at radius 1 is 1.22 bits per heavy atom. The van der Waals surface area contributed by atoms with Crippen LogP contribution in [0, 0.1) is 0 Å². The Morgan fingerprint density at radius 3 is 2.44 bits per heavy atom. The van der Waals surface area contributed by atoms with Crippen molar-refractivity contribution in [2.45, 2.75) is 50.3 Å². The molecule has 0 amide bonds. The maximum Gasteiger partial charge on any atom is 0.459 e. The SMILES string of the molecule is CC(C)OC(=O)[C@H](C)NP(=O)(OC[C@@H](OC(CCl)n1ccc(=O)[nH]c1=O)[C@@H](O)Br)Oc1ccccc1. The molecule has 2 aromatic rings. The number of alkyl halides is 2. The molecular formula is C21H28BrClN3O9P. The number of hydrogen-bond acceptors (Lipinski definition) is 9. The fourth-order valence-electron chi connectivity index (χ4n) is 2.72. The molecule has 1 aromatic heterocycles. The number of halogens is 2. The molecule has 0 aliphatic heterocycles. The number of carbonyl (C=O) groups excluding carboxylic acids is 1. The number of esters is 1. The Kier molecular flexibility index (Phi) is 11.8. The van der Waals surface area contributed by atoms with Gasteiger partial charge in [0.1, 0.15) is 22.9 Å². The molecule has 2 rings (SSSR count). The third-order valence-corrected chi connectivity index (χ3v) is 6.86. The van der Waals surface area contributed by atoms with Crippen LogP contribution < -0.4 is 20.9 Å². The van der Waals surface area contributed by atoms with Gasteiger partial charge in [0.15, 0.2) is 6.23 Å². The zero-order valence-corrected chi connectivity index (χ0v) is 22.9. The molecule has 0 saturated heterocycles. The highest BCUT2D eigenvalue weighted by Gasteiger charge is 2.35. The maximum absolute atomic E-state index is 13.6. The second-order valence-electron chi connectivity index (χ2n) is 7.71. The highest BCUT2D eigenvalue weighted by molar-refractivity contribution is 9.09. The average Bonchev–Trinajstić information content (AvgIpc) is 2.79. The minimum atomic E-state index is -4.24. The number of ether oxygens (including phenoxy) is 2. The van der Waals surface area contributed by atoms with Gasteiger partial charge in [-0.05, 0) is 32.9 Å². The Labute approximate surface area is 220 Å². The number of nitrogens with zero attached hydrogens (tertiary/aromatic N) is 1. The monoisotopic (exact) mass is 611 g/mol. The summed E-state index contributed by atoms with van der Waals surface area (Å²) in [7, 11) is -4.24. The topological polar surface area (TPSA) is 158 Å². The van der Waals surface area contributed by atoms with Crippen LogP contribution in [0.5, 0.6) is 5.75 Å². The minimum absolute atomic E-state index is 0.188. The van der Waals surface area contributed by atoms with E-state index in [9.17, 15) is 24.1 Å². The second kappa shape index (κ2) is 14.1. The van der Waals surface area contributed by atoms with Gasteiger partial charge < -0.3 is 19.1 Å². The first-order valence-corrected chi connectivity index (χ1v) is 13.8. The van der Waals surface area contributed by atoms with Crippen molar-refractivity contribution in [2.24, 2.45) is 0 Å². The van der Waals surface area contributed by atoms with E-state index in [1.807, 2.05) is 0 Å². The van der Waals surface area contributed by atoms with Crippen LogP contribution >= 0.6 is 35.3 Å². The molecule has 2 unspecified atom stereocenters. The standard InChI is InChI=1S/C21H28BrClN3O9P/c1-13(2)33-20(29)14(3)25-36(31,35-15-7-5-4-6-8-15)32-12-16(19(22)28)34-18(11-23)26-10-9-17(27)24-21(26)30/h4-10,13-14,16,18-19,28H,11-12H2,1-3H3,(H,25,31)(H,24,27,30)/t14-,16+,18?,19+,36?/m0/s1. The number of benzene rings is 1. The summed E-state index contributed by atoms with van der Waals surface area (Å²) in [6.45, 7) is 4.23. The first kappa shape index (κ1) is 30.2. The van der Waals surface area contributed by atoms with Crippen molar-refractivity contribution in [3.05, 3.63) is 63.4 Å². The number of aromatic nitrogens is 2. The number of rotatable bonds is 14. The number of nitrogens with one attached hydrogen (secondary N) is 2. The lowest BCUT2D eigenvalue weighted by atomic mass is 10.3. The van der Waals surface area contributed by atoms with Crippen LogP contribution in [0.3, 0.4) is 0 Å². The van der Waals surface area contributed by atoms with Crippen molar-refractivity contribution in [1.82, 2.24) is 14.6 Å². The number of para-hydroxylation sites is 1. The molecule has 0 saturated carbocycles. The van der Waals surface area contributed by atoms with Crippen LogP contribution in [0.25, 0.3) is 0 Å². The van der Waals surface area contributed by atoms with Crippen LogP contribution in [-0.4, -0.2) is 56.4 Å². The van der Waals surface area contributed by atoms with Crippen molar-refractivity contribution < 1.29 is 33.0 Å². The number of aromatic amines is 1. The van der Waals surface area contributed by atoms with Crippen LogP contribution in [0.4, 0.5) is 0 Å². The van der Waals surface area contributed by atoms with E-state index in [1.54, 1.807) is 32.0 Å². The van der Waals surface area contributed by atoms with Crippen molar-refractivity contribution in [3.8, 4) is 5.75 Å². The summed E-state index contributed by atoms with van der Waals surface area (Å²) in [4.78, 5) is 37.8. The molecule has 12 nitrogen and oxygen atoms in total. The normalized spacial score (nSPS) is 16.5. The number of hydrogen-bond donors (Lipinski definition) is 3. The molecule has 200 valence electrons. The van der Waals surface area contributed by atoms with Crippen molar-refractivity contribution in [1.29, 1.82) is 0 Å². The van der Waals surface area contributed by atoms with Gasteiger partial charge in [0.2, 0.25) is 0 Å². The molecular weight excluding hydrogens is 585 g/mol. The highest BCUT2D eigenvalue weighted by Crippen LogP contribution is 2.45. The second-order valence-corrected chi connectivity index (χ2v) is 10.6. The lowest BCUT2D eigenvalue weighted by Gasteiger charge is -2.28. The third-order valence-electron chi connectivity index (χ3n) is 4.37. The number of H-pyrrole nitrogens is 1. The van der Waals surface area contributed by atoms with Gasteiger partial charge >= 0.3 is 19.4 Å². The summed E-state index contributed by atoms with van der Waals surface area (Å²) in [5.74, 6) is -0.733. The Bertz CT molecular complexity index is 1150. The van der Waals surface area contributed by atoms with Crippen LogP contribution in [0.15, 0.2) is 52.2 Å².